The highest BCUT2D eigenvalue weighted by atomic mass is 16.5. The normalized spacial score (nSPS) is 20.5. The molecule has 1 saturated heterocycles. The number of nitrogens with one attached hydrogen (secondary N) is 1. The van der Waals surface area contributed by atoms with Gasteiger partial charge in [-0.1, -0.05) is 0 Å². The summed E-state index contributed by atoms with van der Waals surface area (Å²) in [4.78, 5) is 22.5. The zero-order valence-electron chi connectivity index (χ0n) is 14.6. The Hall–Kier alpha value is -2.60. The Kier molecular flexibility index (Phi) is 3.84. The summed E-state index contributed by atoms with van der Waals surface area (Å²) in [5, 5.41) is 0.854. The summed E-state index contributed by atoms with van der Waals surface area (Å²) in [6.07, 6.45) is 5.77. The van der Waals surface area contributed by atoms with Gasteiger partial charge in [0.2, 0.25) is 0 Å². The van der Waals surface area contributed by atoms with Crippen molar-refractivity contribution in [3.63, 3.8) is 0 Å². The number of H-pyrrole nitrogens is 1. The molecule has 1 unspecified atom stereocenters. The van der Waals surface area contributed by atoms with Crippen LogP contribution in [0.1, 0.15) is 39.8 Å². The summed E-state index contributed by atoms with van der Waals surface area (Å²) in [7, 11) is 1.68. The molecule has 3 aromatic rings. The van der Waals surface area contributed by atoms with Gasteiger partial charge in [-0.3, -0.25) is 4.79 Å². The molecule has 0 saturated carbocycles. The monoisotopic (exact) mass is 339 g/mol. The van der Waals surface area contributed by atoms with E-state index in [0.717, 1.165) is 34.3 Å². The smallest absolute Gasteiger partial charge is 0.258 e. The molecule has 1 aliphatic rings. The molecule has 1 aromatic carbocycles. The number of likely N-dealkylation sites (tertiary alicyclic amines) is 1. The number of carbonyl (C=O) groups excluding carboxylic acids is 1. The number of aromatic amines is 1. The molecular formula is C19H21N3O3. The minimum absolute atomic E-state index is 0.00111. The number of aryl methyl sites for hydroxylation is 2. The van der Waals surface area contributed by atoms with E-state index in [1.165, 1.54) is 0 Å². The van der Waals surface area contributed by atoms with Crippen LogP contribution in [0.3, 0.4) is 0 Å². The van der Waals surface area contributed by atoms with Gasteiger partial charge in [0.05, 0.1) is 17.7 Å². The van der Waals surface area contributed by atoms with Crippen molar-refractivity contribution in [2.75, 3.05) is 13.7 Å². The third kappa shape index (κ3) is 2.62. The lowest BCUT2D eigenvalue weighted by Gasteiger charge is -2.22. The summed E-state index contributed by atoms with van der Waals surface area (Å²) < 4.78 is 11.1. The van der Waals surface area contributed by atoms with Crippen molar-refractivity contribution in [3.05, 3.63) is 53.3 Å². The Bertz CT molecular complexity index is 914. The quantitative estimate of drug-likeness (QED) is 0.794. The molecule has 25 heavy (non-hydrogen) atoms. The first kappa shape index (κ1) is 15.9. The van der Waals surface area contributed by atoms with Crippen molar-refractivity contribution in [2.45, 2.75) is 32.4 Å². The van der Waals surface area contributed by atoms with Crippen LogP contribution in [0, 0.1) is 13.8 Å². The van der Waals surface area contributed by atoms with Gasteiger partial charge in [-0.25, -0.2) is 4.98 Å². The van der Waals surface area contributed by atoms with Crippen molar-refractivity contribution in [1.29, 1.82) is 0 Å². The van der Waals surface area contributed by atoms with Crippen LogP contribution in [-0.4, -0.2) is 40.5 Å². The Labute approximate surface area is 145 Å². The average Bonchev–Trinajstić information content (AvgIpc) is 3.33. The van der Waals surface area contributed by atoms with Crippen molar-refractivity contribution in [1.82, 2.24) is 14.9 Å². The van der Waals surface area contributed by atoms with Gasteiger partial charge in [-0.15, -0.1) is 0 Å². The molecule has 2 atom stereocenters. The SMILES string of the molecule is CO[C@@H]1CC(c2ncc[nH]2)N(C(=O)c2coc3cc(C)c(C)cc23)C1. The second-order valence-corrected chi connectivity index (χ2v) is 6.62. The fourth-order valence-electron chi connectivity index (χ4n) is 3.52. The minimum atomic E-state index is -0.121. The van der Waals surface area contributed by atoms with E-state index >= 15 is 0 Å². The molecule has 6 heteroatoms. The number of hydrogen-bond acceptors (Lipinski definition) is 4. The summed E-state index contributed by atoms with van der Waals surface area (Å²) >= 11 is 0. The molecule has 1 fully saturated rings. The van der Waals surface area contributed by atoms with Gasteiger partial charge in [0, 0.05) is 37.9 Å². The number of carbonyl (C=O) groups is 1. The third-order valence-corrected chi connectivity index (χ3v) is 5.11. The van der Waals surface area contributed by atoms with E-state index in [4.69, 9.17) is 9.15 Å². The van der Waals surface area contributed by atoms with Crippen molar-refractivity contribution >= 4 is 16.9 Å². The zero-order chi connectivity index (χ0) is 17.6. The van der Waals surface area contributed by atoms with Gasteiger partial charge >= 0.3 is 0 Å². The fraction of sp³-hybridized carbons (Fsp3) is 0.368. The molecule has 3 heterocycles. The summed E-state index contributed by atoms with van der Waals surface area (Å²) in [6.45, 7) is 4.62. The van der Waals surface area contributed by atoms with Crippen LogP contribution < -0.4 is 0 Å². The Morgan fingerprint density at radius 3 is 2.88 bits per heavy atom. The van der Waals surface area contributed by atoms with Gasteiger partial charge in [0.15, 0.2) is 0 Å². The second kappa shape index (κ2) is 6.04. The Morgan fingerprint density at radius 1 is 1.36 bits per heavy atom. The predicted molar refractivity (Wildman–Crippen MR) is 93.5 cm³/mol. The van der Waals surface area contributed by atoms with E-state index in [0.29, 0.717) is 12.1 Å². The molecule has 4 rings (SSSR count). The average molecular weight is 339 g/mol. The second-order valence-electron chi connectivity index (χ2n) is 6.62. The molecule has 1 N–H and O–H groups in total. The lowest BCUT2D eigenvalue weighted by atomic mass is 10.0. The number of furan rings is 1. The summed E-state index contributed by atoms with van der Waals surface area (Å²) in [5.74, 6) is 0.732. The van der Waals surface area contributed by atoms with Crippen LogP contribution in [0.5, 0.6) is 0 Å². The number of hydrogen-bond donors (Lipinski definition) is 1. The summed E-state index contributed by atoms with van der Waals surface area (Å²) in [5.41, 5.74) is 3.62. The maximum Gasteiger partial charge on any atom is 0.258 e. The third-order valence-electron chi connectivity index (χ3n) is 5.11. The maximum absolute atomic E-state index is 13.3. The number of ether oxygens (including phenoxy) is 1. The van der Waals surface area contributed by atoms with Crippen LogP contribution in [0.4, 0.5) is 0 Å². The van der Waals surface area contributed by atoms with Gasteiger partial charge < -0.3 is 19.0 Å². The molecule has 0 spiro atoms. The Morgan fingerprint density at radius 2 is 2.16 bits per heavy atom. The maximum atomic E-state index is 13.3. The Balaban J connectivity index is 1.73. The first-order valence-electron chi connectivity index (χ1n) is 8.40. The lowest BCUT2D eigenvalue weighted by molar-refractivity contribution is 0.0685. The van der Waals surface area contributed by atoms with E-state index in [2.05, 4.69) is 9.97 Å². The number of rotatable bonds is 3. The van der Waals surface area contributed by atoms with Gasteiger partial charge in [-0.2, -0.15) is 0 Å². The highest BCUT2D eigenvalue weighted by Crippen LogP contribution is 2.34. The molecule has 0 aliphatic carbocycles. The number of aromatic nitrogens is 2. The van der Waals surface area contributed by atoms with Crippen LogP contribution in [-0.2, 0) is 4.74 Å². The molecule has 6 nitrogen and oxygen atoms in total. The van der Waals surface area contributed by atoms with Crippen molar-refractivity contribution in [2.24, 2.45) is 0 Å². The van der Waals surface area contributed by atoms with E-state index in [1.807, 2.05) is 30.9 Å². The molecule has 1 aliphatic heterocycles. The van der Waals surface area contributed by atoms with Gasteiger partial charge in [-0.05, 0) is 37.1 Å². The standard InChI is InChI=1S/C19H21N3O3/c1-11-6-14-15(10-25-17(14)7-12(11)2)19(23)22-9-13(24-3)8-16(22)18-20-4-5-21-18/h4-7,10,13,16H,8-9H2,1-3H3,(H,20,21)/t13-,16?/m1/s1. The zero-order valence-corrected chi connectivity index (χ0v) is 14.6. The minimum Gasteiger partial charge on any atom is -0.463 e. The predicted octanol–water partition coefficient (Wildman–Crippen LogP) is 3.37. The number of amides is 1. The molecule has 2 aromatic heterocycles. The van der Waals surface area contributed by atoms with Crippen molar-refractivity contribution in [3.8, 4) is 0 Å². The molecule has 130 valence electrons. The highest BCUT2D eigenvalue weighted by Gasteiger charge is 2.38. The number of fused-ring (bicyclic) bond motifs is 1. The molecule has 0 bridgehead atoms. The van der Waals surface area contributed by atoms with Crippen LogP contribution in [0.2, 0.25) is 0 Å². The topological polar surface area (TPSA) is 71.4 Å². The van der Waals surface area contributed by atoms with Gasteiger partial charge in [0.25, 0.3) is 5.91 Å². The number of methoxy groups -OCH3 is 1. The van der Waals surface area contributed by atoms with Crippen LogP contribution in [0.25, 0.3) is 11.0 Å². The first-order chi connectivity index (χ1) is 12.1. The van der Waals surface area contributed by atoms with Crippen LogP contribution in [0.15, 0.2) is 35.2 Å². The number of imidazole rings is 1. The van der Waals surface area contributed by atoms with E-state index in [-0.39, 0.29) is 18.1 Å². The van der Waals surface area contributed by atoms with E-state index in [9.17, 15) is 4.79 Å². The van der Waals surface area contributed by atoms with Crippen LogP contribution >= 0.6 is 0 Å². The van der Waals surface area contributed by atoms with Gasteiger partial charge in [0.1, 0.15) is 17.7 Å². The first-order valence-corrected chi connectivity index (χ1v) is 8.40. The van der Waals surface area contributed by atoms with Crippen molar-refractivity contribution < 1.29 is 13.9 Å². The largest absolute Gasteiger partial charge is 0.463 e. The lowest BCUT2D eigenvalue weighted by Crippen LogP contribution is -2.32. The summed E-state index contributed by atoms with van der Waals surface area (Å²) in [6, 6.07) is 3.88. The highest BCUT2D eigenvalue weighted by molar-refractivity contribution is 6.06. The molecular weight excluding hydrogens is 318 g/mol. The molecule has 1 amide bonds. The fourth-order valence-corrected chi connectivity index (χ4v) is 3.52. The number of benzene rings is 1. The van der Waals surface area contributed by atoms with E-state index in [1.54, 1.807) is 25.8 Å². The molecule has 0 radical (unpaired) electrons. The number of nitrogens with zero attached hydrogens (tertiary/aromatic N) is 2. The van der Waals surface area contributed by atoms with E-state index < -0.39 is 0 Å².